The zero-order valence-electron chi connectivity index (χ0n) is 10.8. The van der Waals surface area contributed by atoms with E-state index in [2.05, 4.69) is 22.4 Å². The summed E-state index contributed by atoms with van der Waals surface area (Å²) in [5.74, 6) is 0.303. The topological polar surface area (TPSA) is 44.9 Å². The summed E-state index contributed by atoms with van der Waals surface area (Å²) in [7, 11) is 0. The van der Waals surface area contributed by atoms with Crippen LogP contribution in [-0.4, -0.2) is 17.3 Å². The minimum absolute atomic E-state index is 0.0873. The Bertz CT molecular complexity index is 612. The van der Waals surface area contributed by atoms with Crippen LogP contribution in [0.15, 0.2) is 18.2 Å². The van der Waals surface area contributed by atoms with Crippen LogP contribution in [0.5, 0.6) is 0 Å². The highest BCUT2D eigenvalue weighted by Gasteiger charge is 2.19. The number of rotatable bonds is 3. The van der Waals surface area contributed by atoms with Gasteiger partial charge < -0.3 is 10.3 Å². The molecule has 3 nitrogen and oxygen atoms in total. The number of ketones is 1. The van der Waals surface area contributed by atoms with Crippen molar-refractivity contribution in [3.8, 4) is 0 Å². The number of carbonyl (C=O) groups is 1. The van der Waals surface area contributed by atoms with Crippen LogP contribution in [0.25, 0.3) is 10.9 Å². The second kappa shape index (κ2) is 4.16. The van der Waals surface area contributed by atoms with Crippen LogP contribution in [0, 0.1) is 5.92 Å². The second-order valence-electron chi connectivity index (χ2n) is 5.09. The Hall–Kier alpha value is -1.77. The van der Waals surface area contributed by atoms with Crippen molar-refractivity contribution in [2.75, 3.05) is 11.9 Å². The summed E-state index contributed by atoms with van der Waals surface area (Å²) in [5, 5.41) is 4.56. The maximum Gasteiger partial charge on any atom is 0.181 e. The lowest BCUT2D eigenvalue weighted by Gasteiger charge is -2.04. The molecule has 3 heteroatoms. The normalized spacial score (nSPS) is 15.4. The monoisotopic (exact) mass is 242 g/mol. The minimum atomic E-state index is 0.0873. The number of carbonyl (C=O) groups excluding carboxylic acids is 1. The third kappa shape index (κ3) is 1.62. The van der Waals surface area contributed by atoms with Crippen LogP contribution in [0.4, 0.5) is 5.69 Å². The van der Waals surface area contributed by atoms with E-state index in [0.29, 0.717) is 0 Å². The second-order valence-corrected chi connectivity index (χ2v) is 5.09. The van der Waals surface area contributed by atoms with Crippen LogP contribution in [0.3, 0.4) is 0 Å². The molecule has 1 aliphatic heterocycles. The van der Waals surface area contributed by atoms with E-state index in [1.807, 2.05) is 19.9 Å². The molecular weight excluding hydrogens is 224 g/mol. The summed E-state index contributed by atoms with van der Waals surface area (Å²) in [4.78, 5) is 15.5. The van der Waals surface area contributed by atoms with Crippen molar-refractivity contribution in [1.29, 1.82) is 0 Å². The first-order valence-electron chi connectivity index (χ1n) is 6.63. The molecule has 0 fully saturated rings. The number of H-pyrrole nitrogens is 1. The molecule has 0 saturated heterocycles. The Kier molecular flexibility index (Phi) is 2.62. The largest absolute Gasteiger partial charge is 0.384 e. The molecule has 0 bridgehead atoms. The van der Waals surface area contributed by atoms with E-state index in [4.69, 9.17) is 0 Å². The van der Waals surface area contributed by atoms with Gasteiger partial charge in [-0.3, -0.25) is 4.79 Å². The van der Waals surface area contributed by atoms with Gasteiger partial charge in [-0.15, -0.1) is 0 Å². The number of benzene rings is 1. The van der Waals surface area contributed by atoms with Crippen LogP contribution < -0.4 is 5.32 Å². The van der Waals surface area contributed by atoms with Crippen molar-refractivity contribution >= 4 is 22.4 Å². The average Bonchev–Trinajstić information content (AvgIpc) is 3.01. The van der Waals surface area contributed by atoms with E-state index >= 15 is 0 Å². The van der Waals surface area contributed by atoms with Crippen molar-refractivity contribution in [3.63, 3.8) is 0 Å². The number of hydrogen-bond donors (Lipinski definition) is 2. The van der Waals surface area contributed by atoms with E-state index in [0.717, 1.165) is 30.6 Å². The molecule has 1 aromatic heterocycles. The van der Waals surface area contributed by atoms with Crippen LogP contribution in [0.2, 0.25) is 0 Å². The summed E-state index contributed by atoms with van der Waals surface area (Å²) in [6.45, 7) is 5.03. The average molecular weight is 242 g/mol. The van der Waals surface area contributed by atoms with Gasteiger partial charge in [0.2, 0.25) is 0 Å². The molecular formula is C15H18N2O. The molecule has 2 N–H and O–H groups in total. The first kappa shape index (κ1) is 11.3. The van der Waals surface area contributed by atoms with Crippen LogP contribution in [-0.2, 0) is 6.42 Å². The zero-order chi connectivity index (χ0) is 12.7. The number of anilines is 1. The van der Waals surface area contributed by atoms with Gasteiger partial charge in [0, 0.05) is 29.1 Å². The van der Waals surface area contributed by atoms with E-state index in [-0.39, 0.29) is 11.7 Å². The standard InChI is InChI=1S/C15H18N2O/c1-3-9(2)15(18)14-8-11-10-6-7-16-12(10)4-5-13(11)17-14/h4-5,8-9,16-17H,3,6-7H2,1-2H3. The summed E-state index contributed by atoms with van der Waals surface area (Å²) >= 11 is 0. The SMILES string of the molecule is CCC(C)C(=O)c1cc2c3c(ccc2[nH]1)NCC3. The first-order chi connectivity index (χ1) is 8.70. The van der Waals surface area contributed by atoms with Gasteiger partial charge in [-0.05, 0) is 36.6 Å². The van der Waals surface area contributed by atoms with Crippen LogP contribution in [0.1, 0.15) is 36.3 Å². The van der Waals surface area contributed by atoms with E-state index in [1.165, 1.54) is 16.6 Å². The lowest BCUT2D eigenvalue weighted by atomic mass is 10.0. The number of fused-ring (bicyclic) bond motifs is 3. The van der Waals surface area contributed by atoms with Gasteiger partial charge in [-0.2, -0.15) is 0 Å². The summed E-state index contributed by atoms with van der Waals surface area (Å²) in [6, 6.07) is 6.17. The Morgan fingerprint density at radius 3 is 3.06 bits per heavy atom. The van der Waals surface area contributed by atoms with E-state index in [9.17, 15) is 4.79 Å². The first-order valence-corrected chi connectivity index (χ1v) is 6.63. The molecule has 0 radical (unpaired) electrons. The van der Waals surface area contributed by atoms with Gasteiger partial charge in [0.1, 0.15) is 0 Å². The molecule has 0 aliphatic carbocycles. The third-order valence-electron chi connectivity index (χ3n) is 3.93. The van der Waals surface area contributed by atoms with Gasteiger partial charge in [0.05, 0.1) is 5.69 Å². The molecule has 1 aromatic carbocycles. The predicted molar refractivity (Wildman–Crippen MR) is 74.3 cm³/mol. The Morgan fingerprint density at radius 2 is 2.28 bits per heavy atom. The Labute approximate surface area is 107 Å². The minimum Gasteiger partial charge on any atom is -0.384 e. The predicted octanol–water partition coefficient (Wildman–Crippen LogP) is 3.36. The van der Waals surface area contributed by atoms with E-state index < -0.39 is 0 Å². The fraction of sp³-hybridized carbons (Fsp3) is 0.400. The molecule has 3 rings (SSSR count). The number of aromatic amines is 1. The van der Waals surface area contributed by atoms with Gasteiger partial charge in [0.15, 0.2) is 5.78 Å². The molecule has 0 saturated carbocycles. The van der Waals surface area contributed by atoms with Crippen molar-refractivity contribution in [2.45, 2.75) is 26.7 Å². The molecule has 18 heavy (non-hydrogen) atoms. The number of Topliss-reactive ketones (excluding diaryl/α,β-unsaturated/α-hetero) is 1. The molecule has 0 spiro atoms. The molecule has 1 aliphatic rings. The fourth-order valence-electron chi connectivity index (χ4n) is 2.60. The van der Waals surface area contributed by atoms with Gasteiger partial charge in [0.25, 0.3) is 0 Å². The van der Waals surface area contributed by atoms with Crippen molar-refractivity contribution < 1.29 is 4.79 Å². The van der Waals surface area contributed by atoms with E-state index in [1.54, 1.807) is 0 Å². The number of nitrogens with one attached hydrogen (secondary N) is 2. The highest BCUT2D eigenvalue weighted by Crippen LogP contribution is 2.31. The Morgan fingerprint density at radius 1 is 1.44 bits per heavy atom. The molecule has 2 aromatic rings. The molecule has 2 heterocycles. The lowest BCUT2D eigenvalue weighted by molar-refractivity contribution is 0.0923. The number of hydrogen-bond acceptors (Lipinski definition) is 2. The number of aromatic nitrogens is 1. The Balaban J connectivity index is 2.09. The maximum atomic E-state index is 12.2. The quantitative estimate of drug-likeness (QED) is 0.810. The fourth-order valence-corrected chi connectivity index (χ4v) is 2.60. The summed E-state index contributed by atoms with van der Waals surface area (Å²) in [6.07, 6.45) is 1.93. The summed E-state index contributed by atoms with van der Waals surface area (Å²) < 4.78 is 0. The zero-order valence-corrected chi connectivity index (χ0v) is 10.8. The third-order valence-corrected chi connectivity index (χ3v) is 3.93. The van der Waals surface area contributed by atoms with Crippen molar-refractivity contribution in [3.05, 3.63) is 29.5 Å². The van der Waals surface area contributed by atoms with Crippen LogP contribution >= 0.6 is 0 Å². The smallest absolute Gasteiger partial charge is 0.181 e. The molecule has 1 atom stereocenters. The lowest BCUT2D eigenvalue weighted by Crippen LogP contribution is -2.10. The molecule has 1 unspecified atom stereocenters. The molecule has 0 amide bonds. The molecule has 94 valence electrons. The van der Waals surface area contributed by atoms with Gasteiger partial charge in [-0.1, -0.05) is 13.8 Å². The van der Waals surface area contributed by atoms with Crippen molar-refractivity contribution in [2.24, 2.45) is 5.92 Å². The van der Waals surface area contributed by atoms with Gasteiger partial charge in [-0.25, -0.2) is 0 Å². The highest BCUT2D eigenvalue weighted by atomic mass is 16.1. The van der Waals surface area contributed by atoms with Gasteiger partial charge >= 0.3 is 0 Å². The summed E-state index contributed by atoms with van der Waals surface area (Å²) in [5.41, 5.74) is 4.37. The van der Waals surface area contributed by atoms with Crippen molar-refractivity contribution in [1.82, 2.24) is 4.98 Å². The maximum absolute atomic E-state index is 12.2. The highest BCUT2D eigenvalue weighted by molar-refractivity contribution is 6.02.